The van der Waals surface area contributed by atoms with Crippen LogP contribution in [0, 0.1) is 0 Å². The normalized spacial score (nSPS) is 11.8. The maximum Gasteiger partial charge on any atom is 0.162 e. The van der Waals surface area contributed by atoms with Crippen LogP contribution in [0.4, 0.5) is 0 Å². The highest BCUT2D eigenvalue weighted by Gasteiger charge is 2.20. The first-order valence-electron chi connectivity index (χ1n) is 23.2. The second-order valence-corrected chi connectivity index (χ2v) is 17.5. The number of hydrogen-bond acceptors (Lipinski definition) is 4. The summed E-state index contributed by atoms with van der Waals surface area (Å²) in [4.78, 5) is 19.5. The van der Waals surface area contributed by atoms with Gasteiger partial charge in [0.05, 0.1) is 50.5 Å². The van der Waals surface area contributed by atoms with Crippen molar-refractivity contribution in [1.29, 1.82) is 0 Å². The molecule has 9 aromatic carbocycles. The predicted molar refractivity (Wildman–Crippen MR) is 282 cm³/mol. The number of nitrogens with zero attached hydrogens (tertiary/aromatic N) is 7. The van der Waals surface area contributed by atoms with Crippen molar-refractivity contribution in [1.82, 2.24) is 33.6 Å². The quantitative estimate of drug-likeness (QED) is 0.160. The average molecular weight is 882 g/mol. The lowest BCUT2D eigenvalue weighted by molar-refractivity contribution is 1.05. The van der Waals surface area contributed by atoms with E-state index in [1.807, 2.05) is 36.5 Å². The first-order valence-corrected chi connectivity index (χ1v) is 23.2. The highest BCUT2D eigenvalue weighted by molar-refractivity contribution is 6.13. The summed E-state index contributed by atoms with van der Waals surface area (Å²) in [6.45, 7) is 0. The lowest BCUT2D eigenvalue weighted by atomic mass is 9.97. The fraction of sp³-hybridized carbons (Fsp3) is 0. The van der Waals surface area contributed by atoms with Gasteiger partial charge in [0, 0.05) is 55.5 Å². The van der Waals surface area contributed by atoms with Crippen molar-refractivity contribution in [3.8, 4) is 62.1 Å². The van der Waals surface area contributed by atoms with Crippen LogP contribution in [0.5, 0.6) is 0 Å². The van der Waals surface area contributed by atoms with E-state index in [1.54, 1.807) is 6.33 Å². The van der Waals surface area contributed by atoms with Crippen LogP contribution >= 0.6 is 0 Å². The Bertz CT molecular complexity index is 4240. The van der Waals surface area contributed by atoms with Crippen molar-refractivity contribution in [2.75, 3.05) is 0 Å². The van der Waals surface area contributed by atoms with Crippen LogP contribution in [0.25, 0.3) is 128 Å². The van der Waals surface area contributed by atoms with Crippen molar-refractivity contribution in [2.45, 2.75) is 0 Å². The van der Waals surface area contributed by atoms with E-state index in [0.29, 0.717) is 5.82 Å². The van der Waals surface area contributed by atoms with E-state index in [0.717, 1.165) is 100 Å². The molecule has 322 valence electrons. The zero-order chi connectivity index (χ0) is 45.4. The van der Waals surface area contributed by atoms with E-state index in [1.165, 1.54) is 21.5 Å². The Kier molecular flexibility index (Phi) is 8.75. The molecular weight excluding hydrogens is 843 g/mol. The third-order valence-electron chi connectivity index (χ3n) is 13.6. The summed E-state index contributed by atoms with van der Waals surface area (Å²) in [6, 6.07) is 79.8. The molecule has 7 nitrogen and oxygen atoms in total. The summed E-state index contributed by atoms with van der Waals surface area (Å²) in [5, 5.41) is 5.82. The minimum atomic E-state index is 0.689. The molecule has 0 fully saturated rings. The molecule has 0 unspecified atom stereocenters. The van der Waals surface area contributed by atoms with Gasteiger partial charge in [-0.3, -0.25) is 4.57 Å². The van der Waals surface area contributed by atoms with Crippen molar-refractivity contribution < 1.29 is 0 Å². The Labute approximate surface area is 396 Å². The van der Waals surface area contributed by atoms with Gasteiger partial charge >= 0.3 is 0 Å². The monoisotopic (exact) mass is 881 g/mol. The van der Waals surface area contributed by atoms with Crippen molar-refractivity contribution in [3.63, 3.8) is 0 Å². The summed E-state index contributed by atoms with van der Waals surface area (Å²) in [7, 11) is 0. The molecule has 5 heterocycles. The second-order valence-electron chi connectivity index (χ2n) is 17.5. The van der Waals surface area contributed by atoms with Crippen LogP contribution in [0.3, 0.4) is 0 Å². The summed E-state index contributed by atoms with van der Waals surface area (Å²) in [5.41, 5.74) is 17.2. The summed E-state index contributed by atoms with van der Waals surface area (Å²) >= 11 is 0. The number of rotatable bonds is 7. The fourth-order valence-corrected chi connectivity index (χ4v) is 10.5. The van der Waals surface area contributed by atoms with Gasteiger partial charge in [0.1, 0.15) is 12.1 Å². The molecule has 14 aromatic rings. The van der Waals surface area contributed by atoms with E-state index in [9.17, 15) is 0 Å². The van der Waals surface area contributed by atoms with Gasteiger partial charge in [0.2, 0.25) is 0 Å². The van der Waals surface area contributed by atoms with Crippen LogP contribution < -0.4 is 0 Å². The molecule has 14 rings (SSSR count). The van der Waals surface area contributed by atoms with E-state index in [2.05, 4.69) is 213 Å². The van der Waals surface area contributed by atoms with Gasteiger partial charge < -0.3 is 9.13 Å². The van der Waals surface area contributed by atoms with E-state index < -0.39 is 0 Å². The molecule has 0 saturated carbocycles. The molecule has 0 radical (unpaired) electrons. The molecule has 7 heteroatoms. The molecule has 0 saturated heterocycles. The molecule has 0 aliphatic carbocycles. The zero-order valence-electron chi connectivity index (χ0n) is 37.1. The minimum absolute atomic E-state index is 0.689. The first-order chi connectivity index (χ1) is 34.2. The van der Waals surface area contributed by atoms with E-state index >= 15 is 0 Å². The summed E-state index contributed by atoms with van der Waals surface area (Å²) < 4.78 is 6.92. The van der Waals surface area contributed by atoms with Crippen LogP contribution in [0.15, 0.2) is 237 Å². The largest absolute Gasteiger partial charge is 0.309 e. The van der Waals surface area contributed by atoms with E-state index in [-0.39, 0.29) is 0 Å². The van der Waals surface area contributed by atoms with Crippen LogP contribution in [0.1, 0.15) is 0 Å². The molecule has 0 amide bonds. The van der Waals surface area contributed by atoms with Crippen LogP contribution in [-0.2, 0) is 0 Å². The first kappa shape index (κ1) is 38.8. The number of para-hydroxylation sites is 3. The lowest BCUT2D eigenvalue weighted by Gasteiger charge is -2.12. The Hall–Kier alpha value is -9.46. The molecule has 69 heavy (non-hydrogen) atoms. The van der Waals surface area contributed by atoms with Crippen molar-refractivity contribution >= 4 is 65.5 Å². The molecule has 0 atom stereocenters. The molecule has 0 aliphatic heterocycles. The standard InChI is InChI=1S/C62H39N7/c1-4-15-40(16-5-1)53-37-60(66-62(65-53)41-17-6-2-7-18-41)69-55-26-13-11-24-49(55)51-35-45(28-31-57(51)69)43-20-14-19-42(33-43)44-27-30-56-50(34-44)48-23-10-12-25-54(48)68(56)47-29-32-58-52(36-47)61-59(38-63-39-64-61)67(58)46-21-8-3-9-22-46/h1-39H. The topological polar surface area (TPSA) is 66.3 Å². The summed E-state index contributed by atoms with van der Waals surface area (Å²) in [5.74, 6) is 1.51. The maximum atomic E-state index is 5.24. The second kappa shape index (κ2) is 15.6. The minimum Gasteiger partial charge on any atom is -0.309 e. The molecular formula is C62H39N7. The molecule has 0 spiro atoms. The maximum absolute atomic E-state index is 5.24. The number of aromatic nitrogens is 7. The third kappa shape index (κ3) is 6.29. The molecule has 5 aromatic heterocycles. The van der Waals surface area contributed by atoms with Gasteiger partial charge in [-0.2, -0.15) is 0 Å². The highest BCUT2D eigenvalue weighted by Crippen LogP contribution is 2.40. The molecule has 0 bridgehead atoms. The number of hydrogen-bond donors (Lipinski definition) is 0. The van der Waals surface area contributed by atoms with Gasteiger partial charge in [-0.05, 0) is 95.1 Å². The lowest BCUT2D eigenvalue weighted by Crippen LogP contribution is -2.02. The number of fused-ring (bicyclic) bond motifs is 9. The van der Waals surface area contributed by atoms with Gasteiger partial charge in [-0.15, -0.1) is 0 Å². The van der Waals surface area contributed by atoms with Gasteiger partial charge in [0.25, 0.3) is 0 Å². The fourth-order valence-electron chi connectivity index (χ4n) is 10.5. The predicted octanol–water partition coefficient (Wildman–Crippen LogP) is 15.2. The third-order valence-corrected chi connectivity index (χ3v) is 13.6. The van der Waals surface area contributed by atoms with Crippen LogP contribution in [-0.4, -0.2) is 33.6 Å². The Morgan fingerprint density at radius 3 is 1.52 bits per heavy atom. The van der Waals surface area contributed by atoms with Crippen LogP contribution in [0.2, 0.25) is 0 Å². The zero-order valence-corrected chi connectivity index (χ0v) is 37.1. The van der Waals surface area contributed by atoms with Gasteiger partial charge in [-0.1, -0.05) is 146 Å². The van der Waals surface area contributed by atoms with Gasteiger partial charge in [-0.25, -0.2) is 19.9 Å². The van der Waals surface area contributed by atoms with Crippen molar-refractivity contribution in [3.05, 3.63) is 237 Å². The smallest absolute Gasteiger partial charge is 0.162 e. The van der Waals surface area contributed by atoms with E-state index in [4.69, 9.17) is 15.0 Å². The van der Waals surface area contributed by atoms with Crippen molar-refractivity contribution in [2.24, 2.45) is 0 Å². The average Bonchev–Trinajstić information content (AvgIpc) is 4.06. The SMILES string of the molecule is c1ccc(-c2cc(-n3c4ccccc4c4cc(-c5cccc(-c6ccc7c(c6)c6ccccc6n7-c6ccc7c(c6)c6ncncc6n7-c6ccccc6)c5)ccc43)nc(-c3ccccc3)n2)cc1. The highest BCUT2D eigenvalue weighted by atomic mass is 15.1. The summed E-state index contributed by atoms with van der Waals surface area (Å²) in [6.07, 6.45) is 3.55. The Morgan fingerprint density at radius 2 is 0.826 bits per heavy atom. The molecule has 0 aliphatic rings. The Morgan fingerprint density at radius 1 is 0.304 bits per heavy atom. The Balaban J connectivity index is 0.871. The van der Waals surface area contributed by atoms with Gasteiger partial charge in [0.15, 0.2) is 5.82 Å². The molecule has 0 N–H and O–H groups in total. The number of benzene rings is 9.